The molecule has 0 aliphatic rings. The molecule has 0 fully saturated rings. The minimum absolute atomic E-state index is 0.0425. The molecule has 0 unspecified atom stereocenters. The second kappa shape index (κ2) is 6.75. The van der Waals surface area contributed by atoms with E-state index in [1.807, 2.05) is 0 Å². The van der Waals surface area contributed by atoms with Gasteiger partial charge in [0.05, 0.1) is 10.0 Å². The van der Waals surface area contributed by atoms with E-state index in [4.69, 9.17) is 23.2 Å². The van der Waals surface area contributed by atoms with Crippen molar-refractivity contribution in [1.29, 1.82) is 0 Å². The maximum Gasteiger partial charge on any atom is 0.243 e. The molecule has 112 valence electrons. The zero-order valence-corrected chi connectivity index (χ0v) is 13.1. The fraction of sp³-hybridized carbons (Fsp3) is 0.143. The Balaban J connectivity index is 2.11. The standard InChI is InChI=1S/C14H12Cl2FNO2S/c15-11-5-3-6-12(16)14(11)21(19,20)18-9-8-10-4-1-2-7-13(10)17/h1-7,18H,8-9H2. The lowest BCUT2D eigenvalue weighted by Crippen LogP contribution is -2.26. The molecular formula is C14H12Cl2FNO2S. The van der Waals surface area contributed by atoms with E-state index in [2.05, 4.69) is 4.72 Å². The number of hydrogen-bond donors (Lipinski definition) is 1. The molecular weight excluding hydrogens is 336 g/mol. The van der Waals surface area contributed by atoms with E-state index >= 15 is 0 Å². The van der Waals surface area contributed by atoms with E-state index in [1.54, 1.807) is 24.3 Å². The fourth-order valence-corrected chi connectivity index (χ4v) is 4.00. The van der Waals surface area contributed by atoms with Crippen LogP contribution in [-0.2, 0) is 16.4 Å². The van der Waals surface area contributed by atoms with Gasteiger partial charge in [0.2, 0.25) is 10.0 Å². The molecule has 0 aliphatic carbocycles. The molecule has 7 heteroatoms. The highest BCUT2D eigenvalue weighted by atomic mass is 35.5. The molecule has 0 spiro atoms. The van der Waals surface area contributed by atoms with E-state index in [0.717, 1.165) is 0 Å². The topological polar surface area (TPSA) is 46.2 Å². The molecule has 0 aromatic heterocycles. The van der Waals surface area contributed by atoms with Crippen molar-refractivity contribution in [3.8, 4) is 0 Å². The molecule has 1 N–H and O–H groups in total. The van der Waals surface area contributed by atoms with Gasteiger partial charge in [-0.25, -0.2) is 17.5 Å². The van der Waals surface area contributed by atoms with Crippen LogP contribution in [0, 0.1) is 5.82 Å². The maximum absolute atomic E-state index is 13.4. The number of sulfonamides is 1. The summed E-state index contributed by atoms with van der Waals surface area (Å²) < 4.78 is 40.2. The average molecular weight is 348 g/mol. The summed E-state index contributed by atoms with van der Waals surface area (Å²) >= 11 is 11.7. The van der Waals surface area contributed by atoms with Crippen LogP contribution in [0.1, 0.15) is 5.56 Å². The predicted molar refractivity (Wildman–Crippen MR) is 81.8 cm³/mol. The van der Waals surface area contributed by atoms with Crippen LogP contribution < -0.4 is 4.72 Å². The molecule has 2 aromatic carbocycles. The van der Waals surface area contributed by atoms with Crippen LogP contribution in [0.5, 0.6) is 0 Å². The maximum atomic E-state index is 13.4. The molecule has 0 aliphatic heterocycles. The van der Waals surface area contributed by atoms with Gasteiger partial charge < -0.3 is 0 Å². The minimum Gasteiger partial charge on any atom is -0.211 e. The molecule has 0 radical (unpaired) electrons. The molecule has 0 heterocycles. The zero-order valence-electron chi connectivity index (χ0n) is 10.8. The van der Waals surface area contributed by atoms with Gasteiger partial charge in [0.25, 0.3) is 0 Å². The Hall–Kier alpha value is -1.14. The number of halogens is 3. The van der Waals surface area contributed by atoms with Gasteiger partial charge in [0.1, 0.15) is 10.7 Å². The van der Waals surface area contributed by atoms with Crippen molar-refractivity contribution < 1.29 is 12.8 Å². The molecule has 3 nitrogen and oxygen atoms in total. The van der Waals surface area contributed by atoms with E-state index < -0.39 is 10.0 Å². The first-order valence-electron chi connectivity index (χ1n) is 6.09. The third-order valence-corrected chi connectivity index (χ3v) is 5.25. The lowest BCUT2D eigenvalue weighted by molar-refractivity contribution is 0.577. The van der Waals surface area contributed by atoms with E-state index in [9.17, 15) is 12.8 Å². The quantitative estimate of drug-likeness (QED) is 0.897. The van der Waals surface area contributed by atoms with Crippen molar-refractivity contribution in [3.63, 3.8) is 0 Å². The van der Waals surface area contributed by atoms with Crippen LogP contribution in [0.3, 0.4) is 0 Å². The van der Waals surface area contributed by atoms with Gasteiger partial charge in [0.15, 0.2) is 0 Å². The van der Waals surface area contributed by atoms with Crippen LogP contribution in [0.15, 0.2) is 47.4 Å². The lowest BCUT2D eigenvalue weighted by atomic mass is 10.1. The van der Waals surface area contributed by atoms with Gasteiger partial charge in [0, 0.05) is 6.54 Å². The van der Waals surface area contributed by atoms with Crippen LogP contribution >= 0.6 is 23.2 Å². The minimum atomic E-state index is -3.84. The van der Waals surface area contributed by atoms with E-state index in [0.29, 0.717) is 5.56 Å². The Morgan fingerprint density at radius 1 is 1.00 bits per heavy atom. The van der Waals surface area contributed by atoms with Gasteiger partial charge >= 0.3 is 0 Å². The van der Waals surface area contributed by atoms with Crippen molar-refractivity contribution in [1.82, 2.24) is 4.72 Å². The second-order valence-electron chi connectivity index (χ2n) is 4.29. The number of nitrogens with one attached hydrogen (secondary N) is 1. The monoisotopic (exact) mass is 347 g/mol. The Morgan fingerprint density at radius 3 is 2.24 bits per heavy atom. The fourth-order valence-electron chi connectivity index (χ4n) is 1.83. The van der Waals surface area contributed by atoms with Crippen molar-refractivity contribution in [3.05, 3.63) is 63.9 Å². The van der Waals surface area contributed by atoms with Crippen molar-refractivity contribution in [2.75, 3.05) is 6.54 Å². The Bertz CT molecular complexity index is 730. The first-order chi connectivity index (χ1) is 9.92. The first kappa shape index (κ1) is 16.2. The number of hydrogen-bond acceptors (Lipinski definition) is 2. The van der Waals surface area contributed by atoms with Gasteiger partial charge in [-0.05, 0) is 30.2 Å². The summed E-state index contributed by atoms with van der Waals surface area (Å²) in [5.41, 5.74) is 0.436. The lowest BCUT2D eigenvalue weighted by Gasteiger charge is -2.10. The molecule has 2 rings (SSSR count). The summed E-state index contributed by atoms with van der Waals surface area (Å²) in [4.78, 5) is -0.165. The van der Waals surface area contributed by atoms with Crippen LogP contribution in [0.2, 0.25) is 10.0 Å². The van der Waals surface area contributed by atoms with E-state index in [1.165, 1.54) is 18.2 Å². The predicted octanol–water partition coefficient (Wildman–Crippen LogP) is 3.65. The van der Waals surface area contributed by atoms with E-state index in [-0.39, 0.29) is 33.7 Å². The zero-order chi connectivity index (χ0) is 15.5. The van der Waals surface area contributed by atoms with Crippen LogP contribution in [0.25, 0.3) is 0 Å². The molecule has 0 saturated heterocycles. The Morgan fingerprint density at radius 2 is 1.62 bits per heavy atom. The normalized spacial score (nSPS) is 11.6. The van der Waals surface area contributed by atoms with Crippen molar-refractivity contribution >= 4 is 33.2 Å². The molecule has 0 atom stereocenters. The highest BCUT2D eigenvalue weighted by molar-refractivity contribution is 7.89. The summed E-state index contributed by atoms with van der Waals surface area (Å²) in [6, 6.07) is 10.6. The highest BCUT2D eigenvalue weighted by Crippen LogP contribution is 2.28. The van der Waals surface area contributed by atoms with Crippen molar-refractivity contribution in [2.24, 2.45) is 0 Å². The largest absolute Gasteiger partial charge is 0.243 e. The molecule has 0 bridgehead atoms. The first-order valence-corrected chi connectivity index (χ1v) is 8.33. The van der Waals surface area contributed by atoms with Gasteiger partial charge in [-0.2, -0.15) is 0 Å². The van der Waals surface area contributed by atoms with Gasteiger partial charge in [-0.1, -0.05) is 47.5 Å². The molecule has 2 aromatic rings. The average Bonchev–Trinajstić information content (AvgIpc) is 2.40. The van der Waals surface area contributed by atoms with Gasteiger partial charge in [-0.3, -0.25) is 0 Å². The summed E-state index contributed by atoms with van der Waals surface area (Å²) in [6.07, 6.45) is 0.230. The highest BCUT2D eigenvalue weighted by Gasteiger charge is 2.20. The third kappa shape index (κ3) is 3.95. The molecule has 21 heavy (non-hydrogen) atoms. The van der Waals surface area contributed by atoms with Crippen molar-refractivity contribution in [2.45, 2.75) is 11.3 Å². The van der Waals surface area contributed by atoms with Gasteiger partial charge in [-0.15, -0.1) is 0 Å². The SMILES string of the molecule is O=S(=O)(NCCc1ccccc1F)c1c(Cl)cccc1Cl. The molecule has 0 amide bonds. The third-order valence-electron chi connectivity index (χ3n) is 2.83. The smallest absolute Gasteiger partial charge is 0.211 e. The summed E-state index contributed by atoms with van der Waals surface area (Å²) in [6.45, 7) is 0.0464. The molecule has 0 saturated carbocycles. The summed E-state index contributed by atoms with van der Waals surface area (Å²) in [7, 11) is -3.84. The Kier molecular flexibility index (Phi) is 5.22. The number of rotatable bonds is 5. The van der Waals surface area contributed by atoms with Crippen LogP contribution in [-0.4, -0.2) is 15.0 Å². The Labute approximate surface area is 132 Å². The summed E-state index contributed by atoms with van der Waals surface area (Å²) in [5, 5.41) is 0.0850. The second-order valence-corrected chi connectivity index (χ2v) is 6.81. The van der Waals surface area contributed by atoms with Crippen LogP contribution in [0.4, 0.5) is 4.39 Å². The summed E-state index contributed by atoms with van der Waals surface area (Å²) in [5.74, 6) is -0.368. The number of benzene rings is 2.